The largest absolute Gasteiger partial charge is 0.333 e. The predicted molar refractivity (Wildman–Crippen MR) is 70.6 cm³/mol. The van der Waals surface area contributed by atoms with Crippen LogP contribution in [0.3, 0.4) is 0 Å². The van der Waals surface area contributed by atoms with Crippen molar-refractivity contribution in [1.29, 1.82) is 0 Å². The number of carbonyl (C=O) groups excluding carboxylic acids is 1. The lowest BCUT2D eigenvalue weighted by molar-refractivity contribution is 0.0676. The van der Waals surface area contributed by atoms with Gasteiger partial charge >= 0.3 is 0 Å². The van der Waals surface area contributed by atoms with E-state index in [4.69, 9.17) is 0 Å². The molecule has 2 unspecified atom stereocenters. The van der Waals surface area contributed by atoms with Gasteiger partial charge in [-0.15, -0.1) is 0 Å². The molecule has 0 N–H and O–H groups in total. The normalized spacial score (nSPS) is 23.4. The van der Waals surface area contributed by atoms with Crippen LogP contribution in [0.15, 0.2) is 23.1 Å². The molecular weight excluding hydrogens is 228 g/mol. The van der Waals surface area contributed by atoms with Crippen LogP contribution in [0.5, 0.6) is 0 Å². The van der Waals surface area contributed by atoms with E-state index in [0.29, 0.717) is 11.6 Å². The summed E-state index contributed by atoms with van der Waals surface area (Å²) in [4.78, 5) is 26.0. The van der Waals surface area contributed by atoms with E-state index in [-0.39, 0.29) is 17.5 Å². The maximum Gasteiger partial charge on any atom is 0.254 e. The molecule has 4 nitrogen and oxygen atoms in total. The van der Waals surface area contributed by atoms with Crippen LogP contribution in [0.25, 0.3) is 0 Å². The predicted octanol–water partition coefficient (Wildman–Crippen LogP) is 1.79. The third-order valence-electron chi connectivity index (χ3n) is 3.84. The van der Waals surface area contributed by atoms with E-state index in [9.17, 15) is 9.59 Å². The highest BCUT2D eigenvalue weighted by Crippen LogP contribution is 2.27. The van der Waals surface area contributed by atoms with Gasteiger partial charge in [-0.2, -0.15) is 0 Å². The van der Waals surface area contributed by atoms with Crippen LogP contribution in [0.1, 0.15) is 43.5 Å². The minimum absolute atomic E-state index is 0.00968. The van der Waals surface area contributed by atoms with Crippen LogP contribution in [0.4, 0.5) is 0 Å². The van der Waals surface area contributed by atoms with Gasteiger partial charge in [0, 0.05) is 37.0 Å². The van der Waals surface area contributed by atoms with E-state index in [1.807, 2.05) is 4.90 Å². The summed E-state index contributed by atoms with van der Waals surface area (Å²) in [5, 5.41) is 0. The van der Waals surface area contributed by atoms with E-state index >= 15 is 0 Å². The minimum Gasteiger partial charge on any atom is -0.333 e. The summed E-state index contributed by atoms with van der Waals surface area (Å²) in [7, 11) is 1.68. The molecule has 0 radical (unpaired) electrons. The number of pyridine rings is 1. The van der Waals surface area contributed by atoms with Gasteiger partial charge in [-0.3, -0.25) is 9.59 Å². The molecule has 0 aliphatic carbocycles. The topological polar surface area (TPSA) is 42.3 Å². The Morgan fingerprint density at radius 3 is 2.78 bits per heavy atom. The van der Waals surface area contributed by atoms with Gasteiger partial charge in [0.05, 0.1) is 0 Å². The van der Waals surface area contributed by atoms with Gasteiger partial charge in [-0.05, 0) is 32.3 Å². The van der Waals surface area contributed by atoms with E-state index in [2.05, 4.69) is 13.8 Å². The first-order chi connectivity index (χ1) is 8.54. The van der Waals surface area contributed by atoms with Crippen LogP contribution in [-0.2, 0) is 7.05 Å². The van der Waals surface area contributed by atoms with E-state index in [1.54, 1.807) is 19.3 Å². The lowest BCUT2D eigenvalue weighted by Gasteiger charge is -2.28. The monoisotopic (exact) mass is 248 g/mol. The highest BCUT2D eigenvalue weighted by atomic mass is 16.2. The molecule has 1 fully saturated rings. The van der Waals surface area contributed by atoms with Gasteiger partial charge in [0.2, 0.25) is 0 Å². The smallest absolute Gasteiger partial charge is 0.254 e. The Morgan fingerprint density at radius 1 is 1.44 bits per heavy atom. The van der Waals surface area contributed by atoms with Gasteiger partial charge in [-0.1, -0.05) is 6.92 Å². The first-order valence-electron chi connectivity index (χ1n) is 6.54. The molecule has 1 aromatic heterocycles. The lowest BCUT2D eigenvalue weighted by Crippen LogP contribution is -2.40. The summed E-state index contributed by atoms with van der Waals surface area (Å²) in [6.07, 6.45) is 4.74. The van der Waals surface area contributed by atoms with Crippen LogP contribution < -0.4 is 5.56 Å². The first-order valence-corrected chi connectivity index (χ1v) is 6.54. The Morgan fingerprint density at radius 2 is 2.17 bits per heavy atom. The Kier molecular flexibility index (Phi) is 3.55. The van der Waals surface area contributed by atoms with Crippen LogP contribution in [0.2, 0.25) is 0 Å². The zero-order valence-corrected chi connectivity index (χ0v) is 11.2. The number of carbonyl (C=O) groups is 1. The number of hydrogen-bond donors (Lipinski definition) is 0. The molecule has 4 heteroatoms. The zero-order chi connectivity index (χ0) is 13.3. The summed E-state index contributed by atoms with van der Waals surface area (Å²) < 4.78 is 1.47. The zero-order valence-electron chi connectivity index (χ0n) is 11.2. The molecule has 0 spiro atoms. The van der Waals surface area contributed by atoms with Gasteiger partial charge in [0.25, 0.3) is 11.5 Å². The van der Waals surface area contributed by atoms with Crippen molar-refractivity contribution in [2.75, 3.05) is 0 Å². The molecule has 2 atom stereocenters. The average molecular weight is 248 g/mol. The summed E-state index contributed by atoms with van der Waals surface area (Å²) in [6.45, 7) is 4.18. The van der Waals surface area contributed by atoms with E-state index < -0.39 is 0 Å². The third kappa shape index (κ3) is 2.19. The number of nitrogens with zero attached hydrogens (tertiary/aromatic N) is 2. The van der Waals surface area contributed by atoms with Gasteiger partial charge in [0.15, 0.2) is 0 Å². The van der Waals surface area contributed by atoms with Crippen molar-refractivity contribution in [2.24, 2.45) is 7.05 Å². The molecule has 1 saturated heterocycles. The van der Waals surface area contributed by atoms with Crippen molar-refractivity contribution in [3.63, 3.8) is 0 Å². The molecule has 0 bridgehead atoms. The number of hydrogen-bond acceptors (Lipinski definition) is 2. The highest BCUT2D eigenvalue weighted by Gasteiger charge is 2.33. The number of amides is 1. The molecule has 0 saturated carbocycles. The quantitative estimate of drug-likeness (QED) is 0.800. The fraction of sp³-hybridized carbons (Fsp3) is 0.571. The Labute approximate surface area is 107 Å². The molecule has 2 heterocycles. The lowest BCUT2D eigenvalue weighted by atomic mass is 10.1. The molecule has 1 aliphatic heterocycles. The van der Waals surface area contributed by atoms with Gasteiger partial charge in [-0.25, -0.2) is 0 Å². The number of aryl methyl sites for hydroxylation is 1. The Balaban J connectivity index is 2.30. The fourth-order valence-corrected chi connectivity index (χ4v) is 2.67. The second-order valence-electron chi connectivity index (χ2n) is 5.07. The minimum atomic E-state index is -0.138. The number of rotatable bonds is 2. The van der Waals surface area contributed by atoms with Crippen molar-refractivity contribution in [1.82, 2.24) is 9.47 Å². The number of aromatic nitrogens is 1. The maximum absolute atomic E-state index is 12.5. The summed E-state index contributed by atoms with van der Waals surface area (Å²) in [5.41, 5.74) is 0.367. The first kappa shape index (κ1) is 12.9. The second kappa shape index (κ2) is 4.96. The summed E-state index contributed by atoms with van der Waals surface area (Å²) in [5.74, 6) is -0.00968. The Bertz CT molecular complexity index is 507. The van der Waals surface area contributed by atoms with Crippen LogP contribution >= 0.6 is 0 Å². The van der Waals surface area contributed by atoms with Crippen LogP contribution in [0, 0.1) is 0 Å². The van der Waals surface area contributed by atoms with Crippen molar-refractivity contribution in [3.05, 3.63) is 34.2 Å². The molecule has 18 heavy (non-hydrogen) atoms. The maximum atomic E-state index is 12.5. The summed E-state index contributed by atoms with van der Waals surface area (Å²) >= 11 is 0. The van der Waals surface area contributed by atoms with Gasteiger partial charge < -0.3 is 9.47 Å². The van der Waals surface area contributed by atoms with Crippen molar-refractivity contribution in [2.45, 2.75) is 45.2 Å². The van der Waals surface area contributed by atoms with Crippen molar-refractivity contribution < 1.29 is 4.79 Å². The molecule has 1 aromatic rings. The molecule has 1 amide bonds. The van der Waals surface area contributed by atoms with Crippen molar-refractivity contribution >= 4 is 5.91 Å². The highest BCUT2D eigenvalue weighted by molar-refractivity contribution is 5.94. The second-order valence-corrected chi connectivity index (χ2v) is 5.07. The summed E-state index contributed by atoms with van der Waals surface area (Å²) in [6, 6.07) is 3.74. The Hall–Kier alpha value is -1.58. The molecule has 0 aromatic carbocycles. The fourth-order valence-electron chi connectivity index (χ4n) is 2.67. The standard InChI is InChI=1S/C14H20N2O2/c1-4-12-6-5-10(2)16(12)14(18)11-7-8-15(3)13(17)9-11/h7-10,12H,4-6H2,1-3H3. The van der Waals surface area contributed by atoms with Crippen LogP contribution in [-0.4, -0.2) is 27.5 Å². The molecule has 1 aliphatic rings. The average Bonchev–Trinajstić information content (AvgIpc) is 2.73. The SMILES string of the molecule is CCC1CCC(C)N1C(=O)c1ccn(C)c(=O)c1. The third-order valence-corrected chi connectivity index (χ3v) is 3.84. The van der Waals surface area contributed by atoms with E-state index in [1.165, 1.54) is 10.6 Å². The molecular formula is C14H20N2O2. The number of likely N-dealkylation sites (tertiary alicyclic amines) is 1. The molecule has 2 rings (SSSR count). The van der Waals surface area contributed by atoms with E-state index in [0.717, 1.165) is 19.3 Å². The molecule has 98 valence electrons. The van der Waals surface area contributed by atoms with Crippen molar-refractivity contribution in [3.8, 4) is 0 Å². The van der Waals surface area contributed by atoms with Gasteiger partial charge in [0.1, 0.15) is 0 Å².